The molecule has 5 heteroatoms. The van der Waals surface area contributed by atoms with Gasteiger partial charge in [-0.3, -0.25) is 4.79 Å². The predicted octanol–water partition coefficient (Wildman–Crippen LogP) is 3.45. The number of hydrogen-bond acceptors (Lipinski definition) is 3. The summed E-state index contributed by atoms with van der Waals surface area (Å²) in [5, 5.41) is 0.719. The highest BCUT2D eigenvalue weighted by molar-refractivity contribution is 6.30. The first-order chi connectivity index (χ1) is 11.2. The van der Waals surface area contributed by atoms with Crippen LogP contribution in [0.5, 0.6) is 0 Å². The van der Waals surface area contributed by atoms with E-state index in [0.717, 1.165) is 23.4 Å². The van der Waals surface area contributed by atoms with Gasteiger partial charge in [-0.1, -0.05) is 36.6 Å². The maximum atomic E-state index is 12.8. The number of nitrogens with zero attached hydrogens (tertiary/aromatic N) is 1. The Morgan fingerprint density at radius 1 is 1.22 bits per heavy atom. The summed E-state index contributed by atoms with van der Waals surface area (Å²) in [7, 11) is 1.89. The Morgan fingerprint density at radius 3 is 2.52 bits per heavy atom. The van der Waals surface area contributed by atoms with Gasteiger partial charge in [0.2, 0.25) is 0 Å². The summed E-state index contributed by atoms with van der Waals surface area (Å²) in [5.74, 6) is 0.506. The van der Waals surface area contributed by atoms with Crippen molar-refractivity contribution >= 4 is 17.5 Å². The average Bonchev–Trinajstić information content (AvgIpc) is 3.11. The van der Waals surface area contributed by atoms with Crippen LogP contribution in [0.15, 0.2) is 24.3 Å². The molecule has 0 spiro atoms. The molecule has 2 atom stereocenters. The zero-order valence-corrected chi connectivity index (χ0v) is 14.3. The molecule has 4 nitrogen and oxygen atoms in total. The minimum absolute atomic E-state index is 0.0107. The van der Waals surface area contributed by atoms with Gasteiger partial charge in [0.05, 0.1) is 25.9 Å². The van der Waals surface area contributed by atoms with Gasteiger partial charge in [0.25, 0.3) is 5.91 Å². The minimum atomic E-state index is -0.482. The van der Waals surface area contributed by atoms with Crippen LogP contribution in [0.4, 0.5) is 0 Å². The van der Waals surface area contributed by atoms with Gasteiger partial charge < -0.3 is 14.4 Å². The van der Waals surface area contributed by atoms with E-state index in [1.165, 1.54) is 12.8 Å². The summed E-state index contributed by atoms with van der Waals surface area (Å²) in [6.45, 7) is 1.40. The molecule has 1 aromatic carbocycles. The Kier molecular flexibility index (Phi) is 5.57. The monoisotopic (exact) mass is 337 g/mol. The molecule has 1 aromatic rings. The second kappa shape index (κ2) is 7.65. The molecule has 1 saturated heterocycles. The zero-order valence-electron chi connectivity index (χ0n) is 13.5. The molecule has 126 valence electrons. The molecule has 0 unspecified atom stereocenters. The van der Waals surface area contributed by atoms with Crippen molar-refractivity contribution < 1.29 is 14.3 Å². The number of benzene rings is 1. The van der Waals surface area contributed by atoms with Crippen molar-refractivity contribution in [1.82, 2.24) is 4.90 Å². The number of hydrogen-bond donors (Lipinski definition) is 0. The van der Waals surface area contributed by atoms with E-state index in [0.29, 0.717) is 25.7 Å². The second-order valence-electron chi connectivity index (χ2n) is 6.42. The zero-order chi connectivity index (χ0) is 16.2. The van der Waals surface area contributed by atoms with Crippen LogP contribution in [-0.2, 0) is 14.3 Å². The third-order valence-electron chi connectivity index (χ3n) is 4.91. The second-order valence-corrected chi connectivity index (χ2v) is 6.86. The Hall–Kier alpha value is -1.10. The van der Waals surface area contributed by atoms with E-state index >= 15 is 0 Å². The first-order valence-electron chi connectivity index (χ1n) is 8.38. The highest BCUT2D eigenvalue weighted by Crippen LogP contribution is 2.39. The molecule has 2 fully saturated rings. The number of ether oxygens (including phenoxy) is 2. The normalized spacial score (nSPS) is 23.7. The predicted molar refractivity (Wildman–Crippen MR) is 89.5 cm³/mol. The first kappa shape index (κ1) is 16.7. The molecule has 0 N–H and O–H groups in total. The van der Waals surface area contributed by atoms with Crippen LogP contribution < -0.4 is 0 Å². The molecule has 1 aliphatic heterocycles. The molecule has 1 amide bonds. The lowest BCUT2D eigenvalue weighted by Crippen LogP contribution is -2.46. The Morgan fingerprint density at radius 2 is 1.91 bits per heavy atom. The van der Waals surface area contributed by atoms with E-state index in [1.807, 2.05) is 36.2 Å². The summed E-state index contributed by atoms with van der Waals surface area (Å²) in [6.07, 6.45) is 4.31. The summed E-state index contributed by atoms with van der Waals surface area (Å²) >= 11 is 6.02. The summed E-state index contributed by atoms with van der Waals surface area (Å²) in [4.78, 5) is 14.7. The van der Waals surface area contributed by atoms with Crippen LogP contribution >= 0.6 is 11.6 Å². The van der Waals surface area contributed by atoms with Crippen LogP contribution in [0.1, 0.15) is 37.3 Å². The highest BCUT2D eigenvalue weighted by atomic mass is 35.5. The minimum Gasteiger partial charge on any atom is -0.376 e. The lowest BCUT2D eigenvalue weighted by molar-refractivity contribution is -0.159. The molecule has 3 rings (SSSR count). The van der Waals surface area contributed by atoms with Crippen molar-refractivity contribution in [3.05, 3.63) is 34.9 Å². The van der Waals surface area contributed by atoms with Gasteiger partial charge in [0.15, 0.2) is 6.10 Å². The third-order valence-corrected chi connectivity index (χ3v) is 5.17. The van der Waals surface area contributed by atoms with Gasteiger partial charge in [-0.15, -0.1) is 0 Å². The lowest BCUT2D eigenvalue weighted by Gasteiger charge is -2.36. The number of halogens is 1. The number of likely N-dealkylation sites (N-methyl/N-ethyl adjacent to an activating group) is 1. The molecule has 0 bridgehead atoms. The molecular formula is C18H24ClNO3. The van der Waals surface area contributed by atoms with Gasteiger partial charge in [-0.2, -0.15) is 0 Å². The van der Waals surface area contributed by atoms with Gasteiger partial charge in [-0.05, 0) is 36.5 Å². The largest absolute Gasteiger partial charge is 0.376 e. The Balaban J connectivity index is 1.81. The average molecular weight is 338 g/mol. The van der Waals surface area contributed by atoms with E-state index in [9.17, 15) is 4.79 Å². The Bertz CT molecular complexity index is 522. The summed E-state index contributed by atoms with van der Waals surface area (Å²) < 4.78 is 11.0. The molecule has 1 saturated carbocycles. The SMILES string of the molecule is CN(C(=O)[C@H]1COCCO1)[C@@H](c1ccc(Cl)cc1)C1CCCC1. The topological polar surface area (TPSA) is 38.8 Å². The van der Waals surface area contributed by atoms with Crippen molar-refractivity contribution in [2.75, 3.05) is 26.9 Å². The Labute approximate surface area is 142 Å². The van der Waals surface area contributed by atoms with Crippen LogP contribution in [0.25, 0.3) is 0 Å². The van der Waals surface area contributed by atoms with Gasteiger partial charge in [0.1, 0.15) is 0 Å². The number of carbonyl (C=O) groups excluding carboxylic acids is 1. The van der Waals surface area contributed by atoms with Crippen molar-refractivity contribution in [3.8, 4) is 0 Å². The highest BCUT2D eigenvalue weighted by Gasteiger charge is 2.35. The fraction of sp³-hybridized carbons (Fsp3) is 0.611. The van der Waals surface area contributed by atoms with Crippen molar-refractivity contribution in [1.29, 1.82) is 0 Å². The van der Waals surface area contributed by atoms with Crippen molar-refractivity contribution in [2.45, 2.75) is 37.8 Å². The van der Waals surface area contributed by atoms with Gasteiger partial charge in [-0.25, -0.2) is 0 Å². The molecule has 23 heavy (non-hydrogen) atoms. The van der Waals surface area contributed by atoms with Crippen molar-refractivity contribution in [3.63, 3.8) is 0 Å². The fourth-order valence-corrected chi connectivity index (χ4v) is 3.87. The summed E-state index contributed by atoms with van der Waals surface area (Å²) in [5.41, 5.74) is 1.15. The van der Waals surface area contributed by atoms with E-state index in [2.05, 4.69) is 0 Å². The maximum Gasteiger partial charge on any atom is 0.254 e. The summed E-state index contributed by atoms with van der Waals surface area (Å²) in [6, 6.07) is 7.95. The smallest absolute Gasteiger partial charge is 0.254 e. The fourth-order valence-electron chi connectivity index (χ4n) is 3.74. The maximum absolute atomic E-state index is 12.8. The van der Waals surface area contributed by atoms with Crippen LogP contribution in [-0.4, -0.2) is 43.8 Å². The lowest BCUT2D eigenvalue weighted by atomic mass is 9.90. The van der Waals surface area contributed by atoms with Crippen LogP contribution in [0, 0.1) is 5.92 Å². The van der Waals surface area contributed by atoms with E-state index in [-0.39, 0.29) is 11.9 Å². The van der Waals surface area contributed by atoms with Gasteiger partial charge >= 0.3 is 0 Å². The first-order valence-corrected chi connectivity index (χ1v) is 8.76. The third kappa shape index (κ3) is 3.87. The molecule has 0 radical (unpaired) electrons. The number of amides is 1. The van der Waals surface area contributed by atoms with Crippen molar-refractivity contribution in [2.24, 2.45) is 5.92 Å². The van der Waals surface area contributed by atoms with E-state index < -0.39 is 6.10 Å². The standard InChI is InChI=1S/C18H24ClNO3/c1-20(18(21)16-12-22-10-11-23-16)17(13-4-2-3-5-13)14-6-8-15(19)9-7-14/h6-9,13,16-17H,2-5,10-12H2,1H3/t16-,17-/m1/s1. The molecule has 2 aliphatic rings. The number of rotatable bonds is 4. The van der Waals surface area contributed by atoms with E-state index in [4.69, 9.17) is 21.1 Å². The van der Waals surface area contributed by atoms with Crippen LogP contribution in [0.3, 0.4) is 0 Å². The molecule has 1 heterocycles. The van der Waals surface area contributed by atoms with Gasteiger partial charge in [0, 0.05) is 12.1 Å². The number of carbonyl (C=O) groups is 1. The molecule has 0 aromatic heterocycles. The quantitative estimate of drug-likeness (QED) is 0.844. The molecule has 1 aliphatic carbocycles. The molecular weight excluding hydrogens is 314 g/mol. The van der Waals surface area contributed by atoms with Crippen LogP contribution in [0.2, 0.25) is 5.02 Å². The van der Waals surface area contributed by atoms with E-state index in [1.54, 1.807) is 0 Å².